The topological polar surface area (TPSA) is 67.3 Å². The van der Waals surface area contributed by atoms with Crippen molar-refractivity contribution < 1.29 is 9.53 Å². The summed E-state index contributed by atoms with van der Waals surface area (Å²) in [6, 6.07) is 7.04. The van der Waals surface area contributed by atoms with Crippen LogP contribution in [0.25, 0.3) is 0 Å². The van der Waals surface area contributed by atoms with Crippen molar-refractivity contribution in [1.82, 2.24) is 15.3 Å². The first kappa shape index (κ1) is 18.5. The number of benzene rings is 1. The lowest BCUT2D eigenvalue weighted by Crippen LogP contribution is -2.45. The molecule has 0 aliphatic carbocycles. The molecule has 1 saturated heterocycles. The molecule has 1 aliphatic heterocycles. The number of carbonyl (C=O) groups excluding carboxylic acids is 1. The molecule has 138 valence electrons. The Hall–Kier alpha value is -2.34. The van der Waals surface area contributed by atoms with Crippen LogP contribution in [-0.2, 0) is 0 Å². The second kappa shape index (κ2) is 8.36. The summed E-state index contributed by atoms with van der Waals surface area (Å²) in [5.41, 5.74) is 0.472. The standard InChI is InChI=1S/C19H23ClN4O2/c1-13(2)26-17-5-4-14(20)12-16(17)18(25)23-15-6-10-24(11-7-15)19-21-8-3-9-22-19/h3-5,8-9,12-13,15H,6-7,10-11H2,1-2H3,(H,23,25). The molecule has 1 aromatic heterocycles. The minimum Gasteiger partial charge on any atom is -0.490 e. The van der Waals surface area contributed by atoms with Gasteiger partial charge in [-0.1, -0.05) is 11.6 Å². The molecular weight excluding hydrogens is 352 g/mol. The molecule has 0 bridgehead atoms. The van der Waals surface area contributed by atoms with E-state index in [0.29, 0.717) is 16.3 Å². The molecule has 2 aromatic rings. The number of nitrogens with zero attached hydrogens (tertiary/aromatic N) is 3. The van der Waals surface area contributed by atoms with Gasteiger partial charge in [-0.3, -0.25) is 4.79 Å². The molecule has 0 unspecified atom stereocenters. The minimum absolute atomic E-state index is 0.0168. The molecule has 3 rings (SSSR count). The Labute approximate surface area is 158 Å². The monoisotopic (exact) mass is 374 g/mol. The van der Waals surface area contributed by atoms with Crippen LogP contribution >= 0.6 is 11.6 Å². The molecule has 0 spiro atoms. The van der Waals surface area contributed by atoms with Gasteiger partial charge in [0.15, 0.2) is 0 Å². The van der Waals surface area contributed by atoms with Crippen molar-refractivity contribution in [3.8, 4) is 5.75 Å². The third kappa shape index (κ3) is 4.64. The summed E-state index contributed by atoms with van der Waals surface area (Å²) in [6.07, 6.45) is 5.14. The summed E-state index contributed by atoms with van der Waals surface area (Å²) < 4.78 is 5.74. The Balaban J connectivity index is 1.62. The Morgan fingerprint density at radius 1 is 1.27 bits per heavy atom. The second-order valence-corrected chi connectivity index (χ2v) is 7.03. The van der Waals surface area contributed by atoms with Gasteiger partial charge in [0.1, 0.15) is 5.75 Å². The fourth-order valence-electron chi connectivity index (χ4n) is 2.98. The molecule has 26 heavy (non-hydrogen) atoms. The average molecular weight is 375 g/mol. The lowest BCUT2D eigenvalue weighted by Gasteiger charge is -2.32. The molecule has 7 heteroatoms. The Morgan fingerprint density at radius 3 is 2.62 bits per heavy atom. The van der Waals surface area contributed by atoms with Gasteiger partial charge in [-0.2, -0.15) is 0 Å². The molecule has 0 saturated carbocycles. The number of nitrogens with one attached hydrogen (secondary N) is 1. The van der Waals surface area contributed by atoms with Crippen molar-refractivity contribution in [2.75, 3.05) is 18.0 Å². The smallest absolute Gasteiger partial charge is 0.255 e. The van der Waals surface area contributed by atoms with E-state index >= 15 is 0 Å². The third-order valence-corrected chi connectivity index (χ3v) is 4.45. The number of piperidine rings is 1. The van der Waals surface area contributed by atoms with Crippen molar-refractivity contribution in [3.63, 3.8) is 0 Å². The van der Waals surface area contributed by atoms with E-state index in [1.165, 1.54) is 0 Å². The van der Waals surface area contributed by atoms with Gasteiger partial charge < -0.3 is 15.0 Å². The van der Waals surface area contributed by atoms with Gasteiger partial charge in [0.2, 0.25) is 5.95 Å². The number of amides is 1. The van der Waals surface area contributed by atoms with Crippen LogP contribution in [0.2, 0.25) is 5.02 Å². The number of hydrogen-bond donors (Lipinski definition) is 1. The number of rotatable bonds is 5. The van der Waals surface area contributed by atoms with E-state index in [2.05, 4.69) is 20.2 Å². The first-order valence-corrected chi connectivity index (χ1v) is 9.20. The number of hydrogen-bond acceptors (Lipinski definition) is 5. The average Bonchev–Trinajstić information content (AvgIpc) is 2.64. The highest BCUT2D eigenvalue weighted by Crippen LogP contribution is 2.25. The summed E-state index contributed by atoms with van der Waals surface area (Å²) in [4.78, 5) is 23.4. The summed E-state index contributed by atoms with van der Waals surface area (Å²) in [6.45, 7) is 5.47. The molecule has 0 atom stereocenters. The Bertz CT molecular complexity index is 746. The zero-order valence-electron chi connectivity index (χ0n) is 15.0. The zero-order valence-corrected chi connectivity index (χ0v) is 15.7. The van der Waals surface area contributed by atoms with Gasteiger partial charge in [-0.15, -0.1) is 0 Å². The highest BCUT2D eigenvalue weighted by atomic mass is 35.5. The first-order chi connectivity index (χ1) is 12.5. The zero-order chi connectivity index (χ0) is 18.5. The Kier molecular flexibility index (Phi) is 5.93. The number of halogens is 1. The molecule has 1 aromatic carbocycles. The van der Waals surface area contributed by atoms with Crippen LogP contribution in [0.1, 0.15) is 37.0 Å². The van der Waals surface area contributed by atoms with Crippen LogP contribution in [0.4, 0.5) is 5.95 Å². The van der Waals surface area contributed by atoms with Crippen molar-refractivity contribution in [2.24, 2.45) is 0 Å². The van der Waals surface area contributed by atoms with Gasteiger partial charge in [0.05, 0.1) is 11.7 Å². The van der Waals surface area contributed by atoms with Crippen LogP contribution in [0, 0.1) is 0 Å². The van der Waals surface area contributed by atoms with E-state index in [1.807, 2.05) is 13.8 Å². The van der Waals surface area contributed by atoms with Crippen molar-refractivity contribution in [2.45, 2.75) is 38.8 Å². The molecule has 1 amide bonds. The Morgan fingerprint density at radius 2 is 1.96 bits per heavy atom. The van der Waals surface area contributed by atoms with Crippen LogP contribution in [0.5, 0.6) is 5.75 Å². The largest absolute Gasteiger partial charge is 0.490 e. The molecule has 6 nitrogen and oxygen atoms in total. The molecular formula is C19H23ClN4O2. The minimum atomic E-state index is -0.155. The molecule has 0 radical (unpaired) electrons. The van der Waals surface area contributed by atoms with Crippen LogP contribution in [0.15, 0.2) is 36.7 Å². The summed E-state index contributed by atoms with van der Waals surface area (Å²) in [7, 11) is 0. The third-order valence-electron chi connectivity index (χ3n) is 4.21. The SMILES string of the molecule is CC(C)Oc1ccc(Cl)cc1C(=O)NC1CCN(c2ncccn2)CC1. The van der Waals surface area contributed by atoms with Gasteiger partial charge >= 0.3 is 0 Å². The maximum atomic E-state index is 12.7. The number of anilines is 1. The predicted molar refractivity (Wildman–Crippen MR) is 102 cm³/mol. The quantitative estimate of drug-likeness (QED) is 0.869. The van der Waals surface area contributed by atoms with Crippen molar-refractivity contribution >= 4 is 23.5 Å². The number of ether oxygens (including phenoxy) is 1. The van der Waals surface area contributed by atoms with Crippen LogP contribution < -0.4 is 15.0 Å². The second-order valence-electron chi connectivity index (χ2n) is 6.59. The highest BCUT2D eigenvalue weighted by Gasteiger charge is 2.24. The number of aromatic nitrogens is 2. The van der Waals surface area contributed by atoms with E-state index in [-0.39, 0.29) is 18.1 Å². The maximum Gasteiger partial charge on any atom is 0.255 e. The van der Waals surface area contributed by atoms with Crippen LogP contribution in [0.3, 0.4) is 0 Å². The molecule has 1 fully saturated rings. The van der Waals surface area contributed by atoms with E-state index < -0.39 is 0 Å². The fraction of sp³-hybridized carbons (Fsp3) is 0.421. The van der Waals surface area contributed by atoms with Gasteiger partial charge in [0, 0.05) is 36.5 Å². The molecule has 1 N–H and O–H groups in total. The van der Waals surface area contributed by atoms with Gasteiger partial charge in [-0.25, -0.2) is 9.97 Å². The van der Waals surface area contributed by atoms with Gasteiger partial charge in [-0.05, 0) is 51.0 Å². The summed E-state index contributed by atoms with van der Waals surface area (Å²) in [5, 5.41) is 3.62. The fourth-order valence-corrected chi connectivity index (χ4v) is 3.15. The molecule has 2 heterocycles. The highest BCUT2D eigenvalue weighted by molar-refractivity contribution is 6.31. The first-order valence-electron chi connectivity index (χ1n) is 8.82. The van der Waals surface area contributed by atoms with E-state index in [0.717, 1.165) is 31.9 Å². The number of carbonyl (C=O) groups is 1. The molecule has 1 aliphatic rings. The summed E-state index contributed by atoms with van der Waals surface area (Å²) >= 11 is 6.07. The van der Waals surface area contributed by atoms with Crippen LogP contribution in [-0.4, -0.2) is 41.1 Å². The van der Waals surface area contributed by atoms with E-state index in [9.17, 15) is 4.79 Å². The van der Waals surface area contributed by atoms with Crippen molar-refractivity contribution in [3.05, 3.63) is 47.2 Å². The lowest BCUT2D eigenvalue weighted by molar-refractivity contribution is 0.0925. The van der Waals surface area contributed by atoms with E-state index in [1.54, 1.807) is 36.7 Å². The lowest BCUT2D eigenvalue weighted by atomic mass is 10.0. The van der Waals surface area contributed by atoms with Crippen molar-refractivity contribution in [1.29, 1.82) is 0 Å². The van der Waals surface area contributed by atoms with E-state index in [4.69, 9.17) is 16.3 Å². The maximum absolute atomic E-state index is 12.7. The summed E-state index contributed by atoms with van der Waals surface area (Å²) in [5.74, 6) is 1.13. The normalized spacial score (nSPS) is 15.2. The van der Waals surface area contributed by atoms with Gasteiger partial charge in [0.25, 0.3) is 5.91 Å². The predicted octanol–water partition coefficient (Wildman–Crippen LogP) is 3.32.